The van der Waals surface area contributed by atoms with Crippen molar-refractivity contribution in [3.8, 4) is 0 Å². The molecule has 0 spiro atoms. The van der Waals surface area contributed by atoms with Crippen molar-refractivity contribution in [3.63, 3.8) is 0 Å². The molecule has 1 aromatic rings. The molecule has 2 atom stereocenters. The van der Waals surface area contributed by atoms with Crippen LogP contribution in [0, 0.1) is 5.92 Å². The molecule has 80 valence electrons. The molecule has 2 heteroatoms. The van der Waals surface area contributed by atoms with Crippen LogP contribution in [0.25, 0.3) is 0 Å². The molecule has 1 N–H and O–H groups in total. The fourth-order valence-corrected chi connectivity index (χ4v) is 2.52. The summed E-state index contributed by atoms with van der Waals surface area (Å²) in [5.74, 6) is 0.647. The van der Waals surface area contributed by atoms with E-state index >= 15 is 0 Å². The maximum atomic E-state index is 9.82. The van der Waals surface area contributed by atoms with Crippen molar-refractivity contribution in [3.05, 3.63) is 22.4 Å². The first kappa shape index (κ1) is 11.7. The van der Waals surface area contributed by atoms with E-state index in [-0.39, 0.29) is 6.10 Å². The van der Waals surface area contributed by atoms with Crippen molar-refractivity contribution in [1.82, 2.24) is 0 Å². The van der Waals surface area contributed by atoms with E-state index in [1.165, 1.54) is 18.4 Å². The van der Waals surface area contributed by atoms with Crippen molar-refractivity contribution in [2.75, 3.05) is 0 Å². The molecular formula is C12H20OS. The molecule has 0 radical (unpaired) electrons. The van der Waals surface area contributed by atoms with Crippen molar-refractivity contribution in [2.45, 2.75) is 45.6 Å². The van der Waals surface area contributed by atoms with Crippen LogP contribution in [-0.4, -0.2) is 11.2 Å². The molecule has 0 saturated heterocycles. The molecule has 0 aromatic carbocycles. The fourth-order valence-electron chi connectivity index (χ4n) is 1.84. The van der Waals surface area contributed by atoms with Gasteiger partial charge in [-0.3, -0.25) is 0 Å². The van der Waals surface area contributed by atoms with Gasteiger partial charge >= 0.3 is 0 Å². The summed E-state index contributed by atoms with van der Waals surface area (Å²) >= 11 is 1.70. The molecule has 0 aliphatic rings. The summed E-state index contributed by atoms with van der Waals surface area (Å²) in [6.07, 6.45) is 4.03. The van der Waals surface area contributed by atoms with Crippen molar-refractivity contribution >= 4 is 11.3 Å². The van der Waals surface area contributed by atoms with Crippen LogP contribution in [0.5, 0.6) is 0 Å². The van der Waals surface area contributed by atoms with E-state index < -0.39 is 0 Å². The molecule has 1 rings (SSSR count). The highest BCUT2D eigenvalue weighted by Gasteiger charge is 2.10. The lowest BCUT2D eigenvalue weighted by Crippen LogP contribution is -2.14. The lowest BCUT2D eigenvalue weighted by molar-refractivity contribution is 0.143. The van der Waals surface area contributed by atoms with Crippen LogP contribution < -0.4 is 0 Å². The third-order valence-electron chi connectivity index (χ3n) is 2.51. The second-order valence-corrected chi connectivity index (χ2v) is 4.90. The number of rotatable bonds is 6. The second kappa shape index (κ2) is 6.20. The largest absolute Gasteiger partial charge is 0.393 e. The first-order valence-electron chi connectivity index (χ1n) is 5.41. The molecule has 1 nitrogen and oxygen atoms in total. The standard InChI is InChI=1S/C12H20OS/c1-3-4-10(2)7-12(13)8-11-5-6-14-9-11/h5-6,9-10,12-13H,3-4,7-8H2,1-2H3. The highest BCUT2D eigenvalue weighted by Crippen LogP contribution is 2.16. The SMILES string of the molecule is CCCC(C)CC(O)Cc1ccsc1. The fraction of sp³-hybridized carbons (Fsp3) is 0.667. The minimum absolute atomic E-state index is 0.161. The van der Waals surface area contributed by atoms with Crippen LogP contribution in [-0.2, 0) is 6.42 Å². The zero-order valence-corrected chi connectivity index (χ0v) is 9.89. The van der Waals surface area contributed by atoms with Crippen LogP contribution in [0.3, 0.4) is 0 Å². The van der Waals surface area contributed by atoms with Crippen molar-refractivity contribution in [2.24, 2.45) is 5.92 Å². The number of hydrogen-bond donors (Lipinski definition) is 1. The van der Waals surface area contributed by atoms with Gasteiger partial charge in [0.2, 0.25) is 0 Å². The van der Waals surface area contributed by atoms with Gasteiger partial charge in [-0.1, -0.05) is 26.7 Å². The highest BCUT2D eigenvalue weighted by molar-refractivity contribution is 7.07. The zero-order valence-electron chi connectivity index (χ0n) is 9.07. The summed E-state index contributed by atoms with van der Waals surface area (Å²) in [7, 11) is 0. The number of aliphatic hydroxyl groups excluding tert-OH is 1. The van der Waals surface area contributed by atoms with Gasteiger partial charge in [-0.2, -0.15) is 11.3 Å². The van der Waals surface area contributed by atoms with E-state index in [1.807, 2.05) is 0 Å². The lowest BCUT2D eigenvalue weighted by atomic mass is 9.96. The summed E-state index contributed by atoms with van der Waals surface area (Å²) in [4.78, 5) is 0. The summed E-state index contributed by atoms with van der Waals surface area (Å²) in [5, 5.41) is 14.0. The summed E-state index contributed by atoms with van der Waals surface area (Å²) in [6.45, 7) is 4.42. The second-order valence-electron chi connectivity index (χ2n) is 4.12. The minimum atomic E-state index is -0.161. The Balaban J connectivity index is 2.25. The van der Waals surface area contributed by atoms with E-state index in [9.17, 15) is 5.11 Å². The van der Waals surface area contributed by atoms with Gasteiger partial charge in [-0.05, 0) is 41.1 Å². The maximum Gasteiger partial charge on any atom is 0.0583 e. The van der Waals surface area contributed by atoms with E-state index in [0.717, 1.165) is 12.8 Å². The molecule has 2 unspecified atom stereocenters. The van der Waals surface area contributed by atoms with Crippen LogP contribution >= 0.6 is 11.3 Å². The normalized spacial score (nSPS) is 15.4. The molecule has 1 aromatic heterocycles. The molecule has 0 amide bonds. The molecule has 1 heterocycles. The number of thiophene rings is 1. The average Bonchev–Trinajstić information content (AvgIpc) is 2.56. The Labute approximate surface area is 90.8 Å². The van der Waals surface area contributed by atoms with Crippen LogP contribution in [0.15, 0.2) is 16.8 Å². The van der Waals surface area contributed by atoms with Gasteiger partial charge in [0.25, 0.3) is 0 Å². The Morgan fingerprint density at radius 2 is 2.29 bits per heavy atom. The molecule has 0 aliphatic heterocycles. The minimum Gasteiger partial charge on any atom is -0.393 e. The Morgan fingerprint density at radius 1 is 1.50 bits per heavy atom. The van der Waals surface area contributed by atoms with E-state index in [1.54, 1.807) is 11.3 Å². The third kappa shape index (κ3) is 4.25. The first-order chi connectivity index (χ1) is 6.72. The molecule has 0 fully saturated rings. The van der Waals surface area contributed by atoms with E-state index in [0.29, 0.717) is 5.92 Å². The van der Waals surface area contributed by atoms with Gasteiger partial charge in [0.05, 0.1) is 6.10 Å². The third-order valence-corrected chi connectivity index (χ3v) is 3.24. The lowest BCUT2D eigenvalue weighted by Gasteiger charge is -2.15. The van der Waals surface area contributed by atoms with Crippen LogP contribution in [0.4, 0.5) is 0 Å². The predicted molar refractivity (Wildman–Crippen MR) is 62.7 cm³/mol. The topological polar surface area (TPSA) is 20.2 Å². The molecule has 0 bridgehead atoms. The van der Waals surface area contributed by atoms with Gasteiger partial charge in [-0.25, -0.2) is 0 Å². The monoisotopic (exact) mass is 212 g/mol. The average molecular weight is 212 g/mol. The maximum absolute atomic E-state index is 9.82. The first-order valence-corrected chi connectivity index (χ1v) is 6.35. The Bertz CT molecular complexity index is 230. The summed E-state index contributed by atoms with van der Waals surface area (Å²) in [5.41, 5.74) is 1.27. The molecule has 0 saturated carbocycles. The zero-order chi connectivity index (χ0) is 10.4. The van der Waals surface area contributed by atoms with Gasteiger partial charge in [0, 0.05) is 0 Å². The number of hydrogen-bond acceptors (Lipinski definition) is 2. The Morgan fingerprint density at radius 3 is 2.86 bits per heavy atom. The highest BCUT2D eigenvalue weighted by atomic mass is 32.1. The van der Waals surface area contributed by atoms with Crippen molar-refractivity contribution in [1.29, 1.82) is 0 Å². The van der Waals surface area contributed by atoms with Crippen LogP contribution in [0.2, 0.25) is 0 Å². The summed E-state index contributed by atoms with van der Waals surface area (Å²) in [6, 6.07) is 2.10. The van der Waals surface area contributed by atoms with E-state index in [4.69, 9.17) is 0 Å². The van der Waals surface area contributed by atoms with Crippen molar-refractivity contribution < 1.29 is 5.11 Å². The predicted octanol–water partition coefficient (Wildman–Crippen LogP) is 3.48. The quantitative estimate of drug-likeness (QED) is 0.765. The molecule has 0 aliphatic carbocycles. The van der Waals surface area contributed by atoms with Gasteiger partial charge < -0.3 is 5.11 Å². The van der Waals surface area contributed by atoms with Crippen LogP contribution in [0.1, 0.15) is 38.7 Å². The van der Waals surface area contributed by atoms with Gasteiger partial charge in [0.15, 0.2) is 0 Å². The van der Waals surface area contributed by atoms with E-state index in [2.05, 4.69) is 30.7 Å². The summed E-state index contributed by atoms with van der Waals surface area (Å²) < 4.78 is 0. The Hall–Kier alpha value is -0.340. The van der Waals surface area contributed by atoms with Gasteiger partial charge in [-0.15, -0.1) is 0 Å². The van der Waals surface area contributed by atoms with Gasteiger partial charge in [0.1, 0.15) is 0 Å². The molecule has 14 heavy (non-hydrogen) atoms. The number of aliphatic hydroxyl groups is 1. The molecular weight excluding hydrogens is 192 g/mol. The Kier molecular flexibility index (Phi) is 5.20. The smallest absolute Gasteiger partial charge is 0.0583 e.